The van der Waals surface area contributed by atoms with Crippen LogP contribution in [0.25, 0.3) is 0 Å². The van der Waals surface area contributed by atoms with Gasteiger partial charge in [-0.3, -0.25) is 4.79 Å². The molecule has 4 rings (SSSR count). The number of nitrogens with zero attached hydrogens (tertiary/aromatic N) is 4. The highest BCUT2D eigenvalue weighted by molar-refractivity contribution is 5.94. The molecule has 2 aromatic heterocycles. The van der Waals surface area contributed by atoms with Crippen molar-refractivity contribution < 1.29 is 4.79 Å². The van der Waals surface area contributed by atoms with Gasteiger partial charge in [0.05, 0.1) is 6.20 Å². The smallest absolute Gasteiger partial charge is 0.226 e. The minimum Gasteiger partial charge on any atom is -0.350 e. The molecule has 1 atom stereocenters. The third-order valence-electron chi connectivity index (χ3n) is 4.56. The van der Waals surface area contributed by atoms with Gasteiger partial charge >= 0.3 is 0 Å². The molecule has 0 radical (unpaired) electrons. The Hall–Kier alpha value is -3.22. The summed E-state index contributed by atoms with van der Waals surface area (Å²) in [6.45, 7) is 3.37. The van der Waals surface area contributed by atoms with Gasteiger partial charge in [0.25, 0.3) is 0 Å². The number of hydrogen-bond acceptors (Lipinski definition) is 5. The second kappa shape index (κ2) is 6.95. The van der Waals surface area contributed by atoms with Crippen LogP contribution in [-0.4, -0.2) is 25.7 Å². The van der Waals surface area contributed by atoms with E-state index in [-0.39, 0.29) is 11.8 Å². The monoisotopic (exact) mass is 348 g/mol. The molecule has 1 amide bonds. The number of carbonyl (C=O) groups excluding carboxylic acids is 1. The fraction of sp³-hybridized carbons (Fsp3) is 0.263. The Balaban J connectivity index is 1.52. The second-order valence-corrected chi connectivity index (χ2v) is 6.25. The van der Waals surface area contributed by atoms with Crippen LogP contribution >= 0.6 is 0 Å². The molecule has 0 spiro atoms. The fourth-order valence-corrected chi connectivity index (χ4v) is 3.19. The van der Waals surface area contributed by atoms with Gasteiger partial charge in [-0.25, -0.2) is 14.6 Å². The number of fused-ring (bicyclic) bond motifs is 1. The van der Waals surface area contributed by atoms with Crippen LogP contribution in [0.5, 0.6) is 0 Å². The van der Waals surface area contributed by atoms with Crippen LogP contribution in [-0.2, 0) is 17.9 Å². The van der Waals surface area contributed by atoms with E-state index < -0.39 is 0 Å². The predicted molar refractivity (Wildman–Crippen MR) is 98.8 cm³/mol. The minimum absolute atomic E-state index is 0.0102. The lowest BCUT2D eigenvalue weighted by Crippen LogP contribution is -2.25. The van der Waals surface area contributed by atoms with Crippen LogP contribution in [0.3, 0.4) is 0 Å². The van der Waals surface area contributed by atoms with Crippen LogP contribution < -0.4 is 10.6 Å². The van der Waals surface area contributed by atoms with Crippen LogP contribution in [0.4, 0.5) is 11.8 Å². The van der Waals surface area contributed by atoms with Gasteiger partial charge in [-0.05, 0) is 18.1 Å². The molecular formula is C19H20N6O. The summed E-state index contributed by atoms with van der Waals surface area (Å²) in [5, 5.41) is 10.5. The first-order valence-electron chi connectivity index (χ1n) is 8.70. The average Bonchev–Trinajstić information content (AvgIpc) is 3.10. The van der Waals surface area contributed by atoms with E-state index in [1.807, 2.05) is 31.3 Å². The Labute approximate surface area is 151 Å². The van der Waals surface area contributed by atoms with E-state index in [1.54, 1.807) is 17.1 Å². The van der Waals surface area contributed by atoms with Crippen molar-refractivity contribution in [2.24, 2.45) is 0 Å². The zero-order chi connectivity index (χ0) is 17.9. The summed E-state index contributed by atoms with van der Waals surface area (Å²) in [4.78, 5) is 20.9. The molecule has 0 unspecified atom stereocenters. The van der Waals surface area contributed by atoms with Gasteiger partial charge in [-0.2, -0.15) is 5.10 Å². The highest BCUT2D eigenvalue weighted by Gasteiger charge is 2.30. The van der Waals surface area contributed by atoms with E-state index in [9.17, 15) is 4.79 Å². The van der Waals surface area contributed by atoms with Gasteiger partial charge in [0.1, 0.15) is 5.82 Å². The molecule has 7 nitrogen and oxygen atoms in total. The molecule has 0 aliphatic carbocycles. The number of carbonyl (C=O) groups is 1. The molecule has 1 aromatic carbocycles. The van der Waals surface area contributed by atoms with E-state index in [1.165, 1.54) is 5.56 Å². The molecule has 132 valence electrons. The van der Waals surface area contributed by atoms with Gasteiger partial charge in [0.2, 0.25) is 11.9 Å². The van der Waals surface area contributed by atoms with Gasteiger partial charge in [-0.15, -0.1) is 0 Å². The highest BCUT2D eigenvalue weighted by Crippen LogP contribution is 2.36. The highest BCUT2D eigenvalue weighted by atomic mass is 16.1. The molecule has 26 heavy (non-hydrogen) atoms. The van der Waals surface area contributed by atoms with Crippen molar-refractivity contribution in [2.75, 3.05) is 10.6 Å². The standard InChI is InChI=1S/C19H20N6O/c1-2-25-18-16(12-23-25)15(8-17(26)24-18)14-10-21-19(22-11-14)20-9-13-6-4-3-5-7-13/h3-7,10-12,15H,2,8-9H2,1H3,(H,24,26)(H,20,21,22)/t15-/m0/s1. The summed E-state index contributed by atoms with van der Waals surface area (Å²) in [6, 6.07) is 10.1. The van der Waals surface area contributed by atoms with Crippen molar-refractivity contribution in [1.82, 2.24) is 19.7 Å². The van der Waals surface area contributed by atoms with Crippen molar-refractivity contribution in [3.8, 4) is 0 Å². The molecule has 3 heterocycles. The maximum atomic E-state index is 12.1. The molecule has 0 bridgehead atoms. The number of aryl methyl sites for hydroxylation is 1. The van der Waals surface area contributed by atoms with Crippen molar-refractivity contribution in [2.45, 2.75) is 32.4 Å². The first-order chi connectivity index (χ1) is 12.7. The van der Waals surface area contributed by atoms with E-state index in [0.717, 1.165) is 16.9 Å². The van der Waals surface area contributed by atoms with E-state index in [2.05, 4.69) is 37.8 Å². The first-order valence-corrected chi connectivity index (χ1v) is 8.70. The predicted octanol–water partition coefficient (Wildman–Crippen LogP) is 2.78. The van der Waals surface area contributed by atoms with Crippen LogP contribution in [0, 0.1) is 0 Å². The van der Waals surface area contributed by atoms with Crippen molar-refractivity contribution >= 4 is 17.7 Å². The molecule has 3 aromatic rings. The van der Waals surface area contributed by atoms with E-state index in [4.69, 9.17) is 0 Å². The van der Waals surface area contributed by atoms with E-state index >= 15 is 0 Å². The van der Waals surface area contributed by atoms with Gasteiger partial charge in [0, 0.05) is 43.4 Å². The number of rotatable bonds is 5. The average molecular weight is 348 g/mol. The van der Waals surface area contributed by atoms with Crippen molar-refractivity contribution in [3.63, 3.8) is 0 Å². The Kier molecular flexibility index (Phi) is 4.35. The first kappa shape index (κ1) is 16.3. The molecule has 2 N–H and O–H groups in total. The number of aromatic nitrogens is 4. The third-order valence-corrected chi connectivity index (χ3v) is 4.56. The molecule has 0 saturated carbocycles. The quantitative estimate of drug-likeness (QED) is 0.741. The third kappa shape index (κ3) is 3.15. The summed E-state index contributed by atoms with van der Waals surface area (Å²) < 4.78 is 1.80. The lowest BCUT2D eigenvalue weighted by Gasteiger charge is -2.23. The van der Waals surface area contributed by atoms with Gasteiger partial charge in [-0.1, -0.05) is 30.3 Å². The Morgan fingerprint density at radius 1 is 1.19 bits per heavy atom. The van der Waals surface area contributed by atoms with Gasteiger partial charge in [0.15, 0.2) is 0 Å². The molecular weight excluding hydrogens is 328 g/mol. The largest absolute Gasteiger partial charge is 0.350 e. The fourth-order valence-electron chi connectivity index (χ4n) is 3.19. The zero-order valence-electron chi connectivity index (χ0n) is 14.5. The van der Waals surface area contributed by atoms with Crippen LogP contribution in [0.1, 0.15) is 36.0 Å². The summed E-state index contributed by atoms with van der Waals surface area (Å²) in [6.07, 6.45) is 5.78. The summed E-state index contributed by atoms with van der Waals surface area (Å²) >= 11 is 0. The summed E-state index contributed by atoms with van der Waals surface area (Å²) in [7, 11) is 0. The Morgan fingerprint density at radius 2 is 1.96 bits per heavy atom. The lowest BCUT2D eigenvalue weighted by molar-refractivity contribution is -0.116. The molecule has 1 aliphatic rings. The number of nitrogens with one attached hydrogen (secondary N) is 2. The van der Waals surface area contributed by atoms with Crippen LogP contribution in [0.15, 0.2) is 48.9 Å². The lowest BCUT2D eigenvalue weighted by atomic mass is 9.89. The van der Waals surface area contributed by atoms with Crippen LogP contribution in [0.2, 0.25) is 0 Å². The second-order valence-electron chi connectivity index (χ2n) is 6.25. The molecule has 7 heteroatoms. The number of amides is 1. The maximum absolute atomic E-state index is 12.1. The minimum atomic E-state index is -0.0674. The van der Waals surface area contributed by atoms with Gasteiger partial charge < -0.3 is 10.6 Å². The Bertz CT molecular complexity index is 904. The normalized spacial score (nSPS) is 16.0. The Morgan fingerprint density at radius 3 is 2.69 bits per heavy atom. The molecule has 0 saturated heterocycles. The number of benzene rings is 1. The number of anilines is 2. The molecule has 0 fully saturated rings. The topological polar surface area (TPSA) is 84.7 Å². The van der Waals surface area contributed by atoms with E-state index in [0.29, 0.717) is 25.5 Å². The van der Waals surface area contributed by atoms with Crippen molar-refractivity contribution in [3.05, 3.63) is 65.6 Å². The summed E-state index contributed by atoms with van der Waals surface area (Å²) in [5.74, 6) is 1.27. The molecule has 1 aliphatic heterocycles. The van der Waals surface area contributed by atoms with Crippen molar-refractivity contribution in [1.29, 1.82) is 0 Å². The zero-order valence-corrected chi connectivity index (χ0v) is 14.5. The maximum Gasteiger partial charge on any atom is 0.226 e. The SMILES string of the molecule is CCn1ncc2c1NC(=O)C[C@H]2c1cnc(NCc2ccccc2)nc1. The summed E-state index contributed by atoms with van der Waals surface area (Å²) in [5.41, 5.74) is 3.10. The number of hydrogen-bond donors (Lipinski definition) is 2.